The van der Waals surface area contributed by atoms with Crippen LogP contribution >= 0.6 is 11.3 Å². The highest BCUT2D eigenvalue weighted by molar-refractivity contribution is 7.17. The van der Waals surface area contributed by atoms with Crippen LogP contribution in [0.4, 0.5) is 0 Å². The first-order valence-electron chi connectivity index (χ1n) is 11.3. The minimum absolute atomic E-state index is 0.000684. The van der Waals surface area contributed by atoms with Crippen molar-refractivity contribution in [1.29, 1.82) is 0 Å². The van der Waals surface area contributed by atoms with Crippen LogP contribution in [0.1, 0.15) is 75.4 Å². The summed E-state index contributed by atoms with van der Waals surface area (Å²) in [5.74, 6) is -0.243. The molecule has 0 aliphatic carbocycles. The van der Waals surface area contributed by atoms with E-state index in [1.54, 1.807) is 6.20 Å². The third kappa shape index (κ3) is 5.43. The fourth-order valence-corrected chi connectivity index (χ4v) is 3.91. The molecule has 33 heavy (non-hydrogen) atoms. The van der Waals surface area contributed by atoms with Gasteiger partial charge in [0.25, 0.3) is 11.8 Å². The molecular formula is C25H36N5O2S+. The molecule has 0 radical (unpaired) electrons. The lowest BCUT2D eigenvalue weighted by atomic mass is 9.88. The molecule has 0 saturated heterocycles. The standard InChI is InChI=1S/C25H35N5O2S/c1-14(24(3,4)5)27-22(31)16-12-26-21-20(16)29-17(13-30(21)9)18-10-11-19(33-18)23(32)28-15(2)25(6,7)8/h10-15H,1-9H3,(H2,27,28,31,32)/p+1. The maximum atomic E-state index is 13.0. The van der Waals surface area contributed by atoms with Crippen molar-refractivity contribution < 1.29 is 14.2 Å². The van der Waals surface area contributed by atoms with E-state index in [2.05, 4.69) is 57.2 Å². The zero-order valence-electron chi connectivity index (χ0n) is 21.1. The lowest BCUT2D eigenvalue weighted by Gasteiger charge is -2.27. The van der Waals surface area contributed by atoms with Gasteiger partial charge in [-0.15, -0.1) is 11.3 Å². The number of carbonyl (C=O) groups is 2. The lowest BCUT2D eigenvalue weighted by molar-refractivity contribution is -0.646. The molecule has 0 fully saturated rings. The number of rotatable bonds is 5. The second kappa shape index (κ2) is 8.89. The van der Waals surface area contributed by atoms with Gasteiger partial charge in [-0.05, 0) is 36.8 Å². The number of H-pyrrole nitrogens is 1. The van der Waals surface area contributed by atoms with E-state index in [-0.39, 0.29) is 34.7 Å². The predicted octanol–water partition coefficient (Wildman–Crippen LogP) is 4.44. The third-order valence-electron chi connectivity index (χ3n) is 6.35. The topological polar surface area (TPSA) is 90.8 Å². The smallest absolute Gasteiger partial charge is 0.306 e. The SMILES string of the molecule is CC(NC(=O)c1ccc(-c2c[n+](C)c3[nH]cc(C(=O)NC(C)C(C)(C)C)c3n2)s1)C(C)(C)C. The number of carbonyl (C=O) groups excluding carboxylic acids is 2. The molecule has 2 amide bonds. The molecular weight excluding hydrogens is 434 g/mol. The van der Waals surface area contributed by atoms with Gasteiger partial charge in [0, 0.05) is 12.1 Å². The summed E-state index contributed by atoms with van der Waals surface area (Å²) in [5.41, 5.74) is 2.52. The van der Waals surface area contributed by atoms with Gasteiger partial charge >= 0.3 is 5.65 Å². The molecule has 0 saturated carbocycles. The van der Waals surface area contributed by atoms with Crippen molar-refractivity contribution in [2.45, 2.75) is 67.5 Å². The van der Waals surface area contributed by atoms with Crippen molar-refractivity contribution in [2.75, 3.05) is 0 Å². The van der Waals surface area contributed by atoms with Gasteiger partial charge in [-0.2, -0.15) is 0 Å². The Kier molecular flexibility index (Phi) is 6.71. The maximum absolute atomic E-state index is 13.0. The highest BCUT2D eigenvalue weighted by atomic mass is 32.1. The van der Waals surface area contributed by atoms with E-state index in [0.29, 0.717) is 16.0 Å². The van der Waals surface area contributed by atoms with Crippen molar-refractivity contribution >= 4 is 34.3 Å². The number of nitrogens with zero attached hydrogens (tertiary/aromatic N) is 2. The first-order valence-corrected chi connectivity index (χ1v) is 12.1. The van der Waals surface area contributed by atoms with Crippen LogP contribution in [-0.4, -0.2) is 33.9 Å². The van der Waals surface area contributed by atoms with Crippen LogP contribution in [0.15, 0.2) is 24.5 Å². The largest absolute Gasteiger partial charge is 0.349 e. The zero-order chi connectivity index (χ0) is 24.7. The van der Waals surface area contributed by atoms with Gasteiger partial charge in [0.2, 0.25) is 0 Å². The molecule has 2 unspecified atom stereocenters. The van der Waals surface area contributed by atoms with Crippen LogP contribution in [0.3, 0.4) is 0 Å². The van der Waals surface area contributed by atoms with Crippen molar-refractivity contribution in [3.05, 3.63) is 35.0 Å². The Labute approximate surface area is 200 Å². The Balaban J connectivity index is 1.90. The molecule has 7 nitrogen and oxygen atoms in total. The molecule has 3 N–H and O–H groups in total. The van der Waals surface area contributed by atoms with Crippen molar-refractivity contribution in [2.24, 2.45) is 17.9 Å². The second-order valence-electron chi connectivity index (χ2n) is 10.9. The molecule has 3 rings (SSSR count). The van der Waals surface area contributed by atoms with Gasteiger partial charge < -0.3 is 10.6 Å². The van der Waals surface area contributed by atoms with E-state index in [1.807, 2.05) is 43.8 Å². The number of thiophene rings is 1. The van der Waals surface area contributed by atoms with Gasteiger partial charge in [-0.1, -0.05) is 41.5 Å². The van der Waals surface area contributed by atoms with Gasteiger partial charge in [-0.25, -0.2) is 14.5 Å². The minimum Gasteiger partial charge on any atom is -0.349 e. The number of aromatic nitrogens is 3. The van der Waals surface area contributed by atoms with Crippen LogP contribution in [0.5, 0.6) is 0 Å². The van der Waals surface area contributed by atoms with E-state index in [4.69, 9.17) is 4.98 Å². The summed E-state index contributed by atoms with van der Waals surface area (Å²) in [7, 11) is 1.91. The molecule has 2 atom stereocenters. The van der Waals surface area contributed by atoms with E-state index in [0.717, 1.165) is 16.2 Å². The monoisotopic (exact) mass is 470 g/mol. The number of hydrogen-bond donors (Lipinski definition) is 3. The normalized spacial score (nSPS) is 14.2. The highest BCUT2D eigenvalue weighted by Crippen LogP contribution is 2.28. The fourth-order valence-electron chi connectivity index (χ4n) is 3.05. The Bertz CT molecular complexity index is 1180. The second-order valence-corrected chi connectivity index (χ2v) is 12.0. The summed E-state index contributed by atoms with van der Waals surface area (Å²) >= 11 is 1.40. The Hall–Kier alpha value is -2.74. The number of amides is 2. The van der Waals surface area contributed by atoms with Gasteiger partial charge in [-0.3, -0.25) is 9.59 Å². The number of fused-ring (bicyclic) bond motifs is 1. The first kappa shape index (κ1) is 24.9. The maximum Gasteiger partial charge on any atom is 0.306 e. The average Bonchev–Trinajstić information content (AvgIpc) is 3.34. The molecule has 3 aromatic rings. The molecule has 8 heteroatoms. The van der Waals surface area contributed by atoms with E-state index >= 15 is 0 Å². The molecule has 3 aromatic heterocycles. The molecule has 0 aliphatic rings. The summed E-state index contributed by atoms with van der Waals surface area (Å²) in [6, 6.07) is 3.77. The molecule has 0 aromatic carbocycles. The van der Waals surface area contributed by atoms with Gasteiger partial charge in [0.05, 0.1) is 16.8 Å². The summed E-state index contributed by atoms with van der Waals surface area (Å²) in [6.45, 7) is 16.6. The molecule has 0 bridgehead atoms. The summed E-state index contributed by atoms with van der Waals surface area (Å²) in [5, 5.41) is 6.16. The predicted molar refractivity (Wildman–Crippen MR) is 133 cm³/mol. The Morgan fingerprint density at radius 1 is 1.00 bits per heavy atom. The van der Waals surface area contributed by atoms with Crippen molar-refractivity contribution in [3.8, 4) is 10.6 Å². The summed E-state index contributed by atoms with van der Waals surface area (Å²) in [6.07, 6.45) is 3.61. The zero-order valence-corrected chi connectivity index (χ0v) is 21.9. The summed E-state index contributed by atoms with van der Waals surface area (Å²) < 4.78 is 1.92. The van der Waals surface area contributed by atoms with E-state index < -0.39 is 0 Å². The molecule has 178 valence electrons. The molecule has 3 heterocycles. The van der Waals surface area contributed by atoms with E-state index in [9.17, 15) is 9.59 Å². The average molecular weight is 471 g/mol. The van der Waals surface area contributed by atoms with Crippen LogP contribution in [0.25, 0.3) is 21.7 Å². The van der Waals surface area contributed by atoms with Crippen LogP contribution in [0.2, 0.25) is 0 Å². The Morgan fingerprint density at radius 2 is 1.58 bits per heavy atom. The number of nitrogens with one attached hydrogen (secondary N) is 3. The van der Waals surface area contributed by atoms with Gasteiger partial charge in [0.15, 0.2) is 5.52 Å². The van der Waals surface area contributed by atoms with Crippen LogP contribution in [-0.2, 0) is 7.05 Å². The van der Waals surface area contributed by atoms with Gasteiger partial charge in [0.1, 0.15) is 23.7 Å². The summed E-state index contributed by atoms with van der Waals surface area (Å²) in [4.78, 5) is 35.2. The van der Waals surface area contributed by atoms with Crippen molar-refractivity contribution in [3.63, 3.8) is 0 Å². The van der Waals surface area contributed by atoms with E-state index in [1.165, 1.54) is 11.3 Å². The molecule has 0 aliphatic heterocycles. The Morgan fingerprint density at radius 3 is 2.15 bits per heavy atom. The van der Waals surface area contributed by atoms with Crippen LogP contribution < -0.4 is 15.2 Å². The lowest BCUT2D eigenvalue weighted by Crippen LogP contribution is -2.41. The number of aromatic amines is 1. The molecule has 0 spiro atoms. The number of hydrogen-bond acceptors (Lipinski definition) is 4. The van der Waals surface area contributed by atoms with Crippen molar-refractivity contribution in [1.82, 2.24) is 20.6 Å². The highest BCUT2D eigenvalue weighted by Gasteiger charge is 2.27. The van der Waals surface area contributed by atoms with Crippen LogP contribution in [0, 0.1) is 10.8 Å². The number of aryl methyl sites for hydroxylation is 1. The quantitative estimate of drug-likeness (QED) is 0.481. The first-order chi connectivity index (χ1) is 15.2. The fraction of sp³-hybridized carbons (Fsp3) is 0.520. The third-order valence-corrected chi connectivity index (χ3v) is 7.46. The minimum atomic E-state index is -0.157.